The van der Waals surface area contributed by atoms with Crippen LogP contribution in [0.5, 0.6) is 0 Å². The second-order valence-corrected chi connectivity index (χ2v) is 13.1. The van der Waals surface area contributed by atoms with Crippen LogP contribution in [0.25, 0.3) is 23.0 Å². The molecule has 7 rings (SSSR count). The molecule has 1 saturated carbocycles. The standard InChI is InChI=1S/C34H38ClN9O3/c1-47-34(46)39-27-8-4-23(5-9-27)29-18-37-33(40-29)32-28(22-2-3-22)17-25(21-12-14-36-15-13-21)19-43(32)31(45)11-6-24-16-26(35)7-10-30(24)44-20-38-41-42-44/h4-11,16,18,20-22,25,28,32,36H,2-3,12-15,17,19H2,1H3,(H,37,40)(H,39,46)/b11-6+/t25-,28-,32-/m0/s1. The molecule has 4 aromatic rings. The summed E-state index contributed by atoms with van der Waals surface area (Å²) in [5.41, 5.74) is 3.89. The summed E-state index contributed by atoms with van der Waals surface area (Å²) in [5.74, 6) is 2.65. The number of nitrogens with one attached hydrogen (secondary N) is 3. The maximum atomic E-state index is 14.3. The quantitative estimate of drug-likeness (QED) is 0.211. The van der Waals surface area contributed by atoms with Crippen LogP contribution in [0.1, 0.15) is 49.5 Å². The summed E-state index contributed by atoms with van der Waals surface area (Å²) in [5, 5.41) is 18.3. The topological polar surface area (TPSA) is 143 Å². The number of amides is 2. The van der Waals surface area contributed by atoms with Crippen molar-refractivity contribution >= 4 is 35.4 Å². The minimum atomic E-state index is -0.520. The summed E-state index contributed by atoms with van der Waals surface area (Å²) in [7, 11) is 1.33. The van der Waals surface area contributed by atoms with E-state index in [1.165, 1.54) is 26.3 Å². The van der Waals surface area contributed by atoms with Crippen molar-refractivity contribution in [2.24, 2.45) is 23.7 Å². The van der Waals surface area contributed by atoms with Gasteiger partial charge < -0.3 is 19.9 Å². The van der Waals surface area contributed by atoms with E-state index in [1.807, 2.05) is 42.6 Å². The van der Waals surface area contributed by atoms with Gasteiger partial charge in [-0.3, -0.25) is 10.1 Å². The molecule has 1 aliphatic carbocycles. The number of imidazole rings is 1. The molecule has 2 saturated heterocycles. The molecule has 244 valence electrons. The lowest BCUT2D eigenvalue weighted by Gasteiger charge is -2.47. The first kappa shape index (κ1) is 31.1. The van der Waals surface area contributed by atoms with E-state index < -0.39 is 6.09 Å². The maximum absolute atomic E-state index is 14.3. The van der Waals surface area contributed by atoms with Crippen molar-refractivity contribution in [3.63, 3.8) is 0 Å². The summed E-state index contributed by atoms with van der Waals surface area (Å²) in [6.45, 7) is 2.73. The third-order valence-corrected chi connectivity index (χ3v) is 10.0. The van der Waals surface area contributed by atoms with Gasteiger partial charge in [0, 0.05) is 28.9 Å². The Kier molecular flexibility index (Phi) is 9.03. The first-order chi connectivity index (χ1) is 23.0. The Balaban J connectivity index is 1.20. The number of anilines is 1. The number of halogens is 1. The first-order valence-corrected chi connectivity index (χ1v) is 16.6. The Bertz CT molecular complexity index is 1730. The van der Waals surface area contributed by atoms with Gasteiger partial charge in [-0.1, -0.05) is 23.7 Å². The number of carbonyl (C=O) groups is 2. The molecule has 2 amide bonds. The third kappa shape index (κ3) is 6.93. The Hall–Kier alpha value is -4.55. The first-order valence-electron chi connectivity index (χ1n) is 16.2. The number of hydrogen-bond donors (Lipinski definition) is 3. The Labute approximate surface area is 277 Å². The number of ether oxygens (including phenoxy) is 1. The van der Waals surface area contributed by atoms with E-state index in [-0.39, 0.29) is 11.9 Å². The van der Waals surface area contributed by atoms with Gasteiger partial charge in [0.15, 0.2) is 0 Å². The van der Waals surface area contributed by atoms with Crippen molar-refractivity contribution in [3.8, 4) is 16.9 Å². The van der Waals surface area contributed by atoms with E-state index in [1.54, 1.807) is 22.9 Å². The van der Waals surface area contributed by atoms with Crippen LogP contribution in [-0.2, 0) is 9.53 Å². The summed E-state index contributed by atoms with van der Waals surface area (Å²) in [6.07, 6.45) is 12.0. The molecule has 0 radical (unpaired) electrons. The number of hydrogen-bond acceptors (Lipinski definition) is 8. The van der Waals surface area contributed by atoms with Crippen LogP contribution in [0.15, 0.2) is 61.1 Å². The minimum absolute atomic E-state index is 0.0573. The zero-order chi connectivity index (χ0) is 32.3. The molecule has 13 heteroatoms. The second-order valence-electron chi connectivity index (χ2n) is 12.7. The lowest BCUT2D eigenvalue weighted by atomic mass is 9.72. The molecule has 0 bridgehead atoms. The number of likely N-dealkylation sites (tertiary alicyclic amines) is 1. The number of aromatic amines is 1. The van der Waals surface area contributed by atoms with Gasteiger partial charge in [-0.25, -0.2) is 9.78 Å². The molecule has 0 unspecified atom stereocenters. The molecule has 3 N–H and O–H groups in total. The molecule has 3 atom stereocenters. The number of tetrazole rings is 1. The number of carbonyl (C=O) groups excluding carboxylic acids is 2. The maximum Gasteiger partial charge on any atom is 0.411 e. The monoisotopic (exact) mass is 655 g/mol. The average Bonchev–Trinajstić information content (AvgIpc) is 3.58. The molecule has 2 aromatic heterocycles. The molecule has 2 aliphatic heterocycles. The zero-order valence-electron chi connectivity index (χ0n) is 26.2. The third-order valence-electron chi connectivity index (χ3n) is 9.80. The number of rotatable bonds is 8. The molecule has 0 spiro atoms. The molecule has 3 fully saturated rings. The van der Waals surface area contributed by atoms with Gasteiger partial charge in [0.05, 0.1) is 30.7 Å². The van der Waals surface area contributed by atoms with Crippen molar-refractivity contribution in [2.45, 2.75) is 38.1 Å². The van der Waals surface area contributed by atoms with Crippen molar-refractivity contribution in [1.82, 2.24) is 40.4 Å². The van der Waals surface area contributed by atoms with Crippen molar-refractivity contribution in [3.05, 3.63) is 77.5 Å². The van der Waals surface area contributed by atoms with Gasteiger partial charge in [0.2, 0.25) is 5.91 Å². The smallest absolute Gasteiger partial charge is 0.411 e. The van der Waals surface area contributed by atoms with Gasteiger partial charge in [-0.2, -0.15) is 4.68 Å². The second kappa shape index (κ2) is 13.7. The predicted molar refractivity (Wildman–Crippen MR) is 178 cm³/mol. The highest BCUT2D eigenvalue weighted by molar-refractivity contribution is 6.30. The van der Waals surface area contributed by atoms with E-state index in [0.29, 0.717) is 40.9 Å². The normalized spacial score (nSPS) is 22.0. The van der Waals surface area contributed by atoms with E-state index in [4.69, 9.17) is 21.3 Å². The molecule has 2 aromatic carbocycles. The van der Waals surface area contributed by atoms with Crippen LogP contribution < -0.4 is 10.6 Å². The van der Waals surface area contributed by atoms with Crippen LogP contribution in [0, 0.1) is 23.7 Å². The number of aromatic nitrogens is 6. The lowest BCUT2D eigenvalue weighted by molar-refractivity contribution is -0.134. The minimum Gasteiger partial charge on any atom is -0.453 e. The average molecular weight is 656 g/mol. The fraction of sp³-hybridized carbons (Fsp3) is 0.412. The fourth-order valence-corrected chi connectivity index (χ4v) is 7.47. The number of nitrogens with zero attached hydrogens (tertiary/aromatic N) is 6. The zero-order valence-corrected chi connectivity index (χ0v) is 26.9. The highest BCUT2D eigenvalue weighted by Gasteiger charge is 2.48. The van der Waals surface area contributed by atoms with Crippen molar-refractivity contribution in [2.75, 3.05) is 32.1 Å². The van der Waals surface area contributed by atoms with Crippen LogP contribution in [-0.4, -0.2) is 73.8 Å². The lowest BCUT2D eigenvalue weighted by Crippen LogP contribution is -2.49. The van der Waals surface area contributed by atoms with Crippen LogP contribution in [0.2, 0.25) is 5.02 Å². The van der Waals surface area contributed by atoms with Crippen molar-refractivity contribution < 1.29 is 14.3 Å². The fourth-order valence-electron chi connectivity index (χ4n) is 7.29. The summed E-state index contributed by atoms with van der Waals surface area (Å²) >= 11 is 6.37. The van der Waals surface area contributed by atoms with Gasteiger partial charge >= 0.3 is 6.09 Å². The highest BCUT2D eigenvalue weighted by atomic mass is 35.5. The number of piperidine rings is 2. The van der Waals surface area contributed by atoms with E-state index >= 15 is 0 Å². The van der Waals surface area contributed by atoms with Crippen molar-refractivity contribution in [1.29, 1.82) is 0 Å². The summed E-state index contributed by atoms with van der Waals surface area (Å²) in [6, 6.07) is 12.7. The molecule has 3 aliphatic rings. The summed E-state index contributed by atoms with van der Waals surface area (Å²) in [4.78, 5) is 36.5. The Morgan fingerprint density at radius 3 is 2.57 bits per heavy atom. The number of benzene rings is 2. The van der Waals surface area contributed by atoms with E-state index in [2.05, 4.69) is 36.0 Å². The van der Waals surface area contributed by atoms with Gasteiger partial charge in [0.25, 0.3) is 0 Å². The highest BCUT2D eigenvalue weighted by Crippen LogP contribution is 2.52. The molecule has 4 heterocycles. The number of methoxy groups -OCH3 is 1. The molecule has 47 heavy (non-hydrogen) atoms. The predicted octanol–water partition coefficient (Wildman–Crippen LogP) is 5.51. The van der Waals surface area contributed by atoms with Crippen LogP contribution in [0.4, 0.5) is 10.5 Å². The van der Waals surface area contributed by atoms with Gasteiger partial charge in [-0.15, -0.1) is 5.10 Å². The van der Waals surface area contributed by atoms with E-state index in [9.17, 15) is 9.59 Å². The van der Waals surface area contributed by atoms with Crippen LogP contribution in [0.3, 0.4) is 0 Å². The van der Waals surface area contributed by atoms with E-state index in [0.717, 1.165) is 60.7 Å². The largest absolute Gasteiger partial charge is 0.453 e. The molecule has 12 nitrogen and oxygen atoms in total. The van der Waals surface area contributed by atoms with Crippen LogP contribution >= 0.6 is 11.6 Å². The van der Waals surface area contributed by atoms with Gasteiger partial charge in [0.1, 0.15) is 12.2 Å². The van der Waals surface area contributed by atoms with Gasteiger partial charge in [-0.05, 0) is 121 Å². The number of H-pyrrole nitrogens is 1. The summed E-state index contributed by atoms with van der Waals surface area (Å²) < 4.78 is 6.26. The molecular formula is C34H38ClN9O3. The Morgan fingerprint density at radius 1 is 1.04 bits per heavy atom. The SMILES string of the molecule is COC(=O)Nc1ccc(-c2cnc([C@@H]3[C@H](C4CC4)C[C@H](C4CCNCC4)CN3C(=O)/C=C/c3cc(Cl)ccc3-n3cnnn3)[nH]2)cc1. The Morgan fingerprint density at radius 2 is 1.85 bits per heavy atom. The molecular weight excluding hydrogens is 618 g/mol.